The molecule has 1 N–H and O–H groups in total. The maximum Gasteiger partial charge on any atom is 0.168 e. The Balaban J connectivity index is 1.79. The van der Waals surface area contributed by atoms with Crippen LogP contribution < -0.4 is 10.1 Å². The molecule has 88 valence electrons. The van der Waals surface area contributed by atoms with E-state index >= 15 is 0 Å². The van der Waals surface area contributed by atoms with Gasteiger partial charge in [0.15, 0.2) is 11.6 Å². The summed E-state index contributed by atoms with van der Waals surface area (Å²) in [4.78, 5) is 6.64. The van der Waals surface area contributed by atoms with Crippen LogP contribution in [0.2, 0.25) is 0 Å². The first kappa shape index (κ1) is 11.2. The van der Waals surface area contributed by atoms with Crippen LogP contribution in [0.1, 0.15) is 12.8 Å². The minimum Gasteiger partial charge on any atom is -0.493 e. The van der Waals surface area contributed by atoms with Gasteiger partial charge in [0.1, 0.15) is 0 Å². The zero-order valence-electron chi connectivity index (χ0n) is 9.94. The topological polar surface area (TPSA) is 37.4 Å². The Labute approximate surface area is 96.6 Å². The van der Waals surface area contributed by atoms with E-state index in [0.717, 1.165) is 30.7 Å². The first-order valence-electron chi connectivity index (χ1n) is 5.74. The van der Waals surface area contributed by atoms with Crippen molar-refractivity contribution in [2.75, 3.05) is 32.6 Å². The number of hydrogen-bond acceptors (Lipinski definition) is 4. The second kappa shape index (κ2) is 5.16. The van der Waals surface area contributed by atoms with Crippen molar-refractivity contribution >= 4 is 5.82 Å². The second-order valence-electron chi connectivity index (χ2n) is 4.19. The van der Waals surface area contributed by atoms with E-state index in [1.807, 2.05) is 12.1 Å². The lowest BCUT2D eigenvalue weighted by Gasteiger charge is -2.16. The van der Waals surface area contributed by atoms with Gasteiger partial charge in [-0.3, -0.25) is 0 Å². The molecular weight excluding hydrogens is 202 g/mol. The lowest BCUT2D eigenvalue weighted by Crippen LogP contribution is -2.27. The molecule has 0 saturated heterocycles. The smallest absolute Gasteiger partial charge is 0.168 e. The molecule has 4 nitrogen and oxygen atoms in total. The average Bonchev–Trinajstić information content (AvgIpc) is 3.13. The number of rotatable bonds is 6. The molecule has 2 rings (SSSR count). The zero-order valence-corrected chi connectivity index (χ0v) is 9.94. The first-order chi connectivity index (χ1) is 7.81. The van der Waals surface area contributed by atoms with Crippen molar-refractivity contribution in [1.82, 2.24) is 9.88 Å². The van der Waals surface area contributed by atoms with E-state index in [4.69, 9.17) is 4.74 Å². The van der Waals surface area contributed by atoms with Crippen molar-refractivity contribution in [3.8, 4) is 5.75 Å². The fraction of sp³-hybridized carbons (Fsp3) is 0.583. The Morgan fingerprint density at radius 3 is 3.06 bits per heavy atom. The van der Waals surface area contributed by atoms with Crippen LogP contribution in [0.15, 0.2) is 18.3 Å². The van der Waals surface area contributed by atoms with Crippen molar-refractivity contribution < 1.29 is 4.74 Å². The molecule has 0 spiro atoms. The van der Waals surface area contributed by atoms with Crippen molar-refractivity contribution in [3.63, 3.8) is 0 Å². The summed E-state index contributed by atoms with van der Waals surface area (Å²) >= 11 is 0. The Bertz CT molecular complexity index is 339. The first-order valence-corrected chi connectivity index (χ1v) is 5.74. The van der Waals surface area contributed by atoms with Crippen molar-refractivity contribution in [2.24, 2.45) is 0 Å². The highest BCUT2D eigenvalue weighted by atomic mass is 16.5. The summed E-state index contributed by atoms with van der Waals surface area (Å²) < 4.78 is 5.22. The van der Waals surface area contributed by atoms with Gasteiger partial charge < -0.3 is 15.0 Å². The summed E-state index contributed by atoms with van der Waals surface area (Å²) in [5, 5.41) is 3.30. The number of nitrogens with zero attached hydrogens (tertiary/aromatic N) is 2. The summed E-state index contributed by atoms with van der Waals surface area (Å²) in [6.07, 6.45) is 4.47. The van der Waals surface area contributed by atoms with Gasteiger partial charge in [0.05, 0.1) is 7.11 Å². The molecule has 1 fully saturated rings. The van der Waals surface area contributed by atoms with Crippen LogP contribution in [0, 0.1) is 0 Å². The molecule has 0 bridgehead atoms. The van der Waals surface area contributed by atoms with Gasteiger partial charge in [-0.25, -0.2) is 4.98 Å². The van der Waals surface area contributed by atoms with Crippen LogP contribution >= 0.6 is 0 Å². The fourth-order valence-corrected chi connectivity index (χ4v) is 1.74. The molecule has 0 aliphatic heterocycles. The van der Waals surface area contributed by atoms with Crippen molar-refractivity contribution in [1.29, 1.82) is 0 Å². The normalized spacial score (nSPS) is 15.2. The maximum atomic E-state index is 5.22. The van der Waals surface area contributed by atoms with E-state index in [2.05, 4.69) is 22.2 Å². The lowest BCUT2D eigenvalue weighted by molar-refractivity contribution is 0.336. The average molecular weight is 221 g/mol. The van der Waals surface area contributed by atoms with Gasteiger partial charge in [-0.15, -0.1) is 0 Å². The van der Waals surface area contributed by atoms with Gasteiger partial charge in [0.2, 0.25) is 0 Å². The molecule has 1 aliphatic carbocycles. The Hall–Kier alpha value is -1.29. The third-order valence-electron chi connectivity index (χ3n) is 2.92. The summed E-state index contributed by atoms with van der Waals surface area (Å²) in [6, 6.07) is 4.60. The highest BCUT2D eigenvalue weighted by Gasteiger charge is 2.25. The second-order valence-corrected chi connectivity index (χ2v) is 4.19. The van der Waals surface area contributed by atoms with Gasteiger partial charge in [-0.05, 0) is 32.0 Å². The molecule has 0 atom stereocenters. The van der Waals surface area contributed by atoms with Crippen LogP contribution in [-0.4, -0.2) is 43.2 Å². The number of methoxy groups -OCH3 is 1. The quantitative estimate of drug-likeness (QED) is 0.791. The third-order valence-corrected chi connectivity index (χ3v) is 2.92. The molecule has 0 radical (unpaired) electrons. The molecule has 1 heterocycles. The third kappa shape index (κ3) is 2.85. The maximum absolute atomic E-state index is 5.22. The lowest BCUT2D eigenvalue weighted by atomic mass is 10.4. The number of pyridine rings is 1. The van der Waals surface area contributed by atoms with Crippen LogP contribution in [0.4, 0.5) is 5.82 Å². The number of likely N-dealkylation sites (N-methyl/N-ethyl adjacent to an activating group) is 1. The summed E-state index contributed by atoms with van der Waals surface area (Å²) in [7, 11) is 3.84. The molecule has 4 heteroatoms. The fourth-order valence-electron chi connectivity index (χ4n) is 1.74. The molecule has 0 unspecified atom stereocenters. The van der Waals surface area contributed by atoms with E-state index in [1.54, 1.807) is 13.3 Å². The van der Waals surface area contributed by atoms with Crippen LogP contribution in [0.3, 0.4) is 0 Å². The number of aromatic nitrogens is 1. The van der Waals surface area contributed by atoms with Crippen LogP contribution in [0.5, 0.6) is 5.75 Å². The molecule has 0 amide bonds. The number of nitrogens with one attached hydrogen (secondary N) is 1. The summed E-state index contributed by atoms with van der Waals surface area (Å²) in [5.41, 5.74) is 0. The Morgan fingerprint density at radius 1 is 1.56 bits per heavy atom. The molecule has 16 heavy (non-hydrogen) atoms. The molecule has 1 saturated carbocycles. The van der Waals surface area contributed by atoms with Crippen molar-refractivity contribution in [2.45, 2.75) is 18.9 Å². The van der Waals surface area contributed by atoms with Gasteiger partial charge in [0, 0.05) is 25.3 Å². The molecule has 1 aromatic heterocycles. The van der Waals surface area contributed by atoms with E-state index in [0.29, 0.717) is 0 Å². The van der Waals surface area contributed by atoms with Gasteiger partial charge in [-0.2, -0.15) is 0 Å². The largest absolute Gasteiger partial charge is 0.493 e. The van der Waals surface area contributed by atoms with E-state index in [9.17, 15) is 0 Å². The molecule has 1 aliphatic rings. The standard InChI is InChI=1S/C12H19N3O/c1-15(10-5-6-10)9-8-14-12-11(16-2)4-3-7-13-12/h3-4,7,10H,5-6,8-9H2,1-2H3,(H,13,14). The summed E-state index contributed by atoms with van der Waals surface area (Å²) in [6.45, 7) is 1.95. The van der Waals surface area contributed by atoms with Gasteiger partial charge >= 0.3 is 0 Å². The molecular formula is C12H19N3O. The monoisotopic (exact) mass is 221 g/mol. The van der Waals surface area contributed by atoms with E-state index < -0.39 is 0 Å². The highest BCUT2D eigenvalue weighted by Crippen LogP contribution is 2.25. The Kier molecular flexibility index (Phi) is 3.62. The number of anilines is 1. The predicted octanol–water partition coefficient (Wildman–Crippen LogP) is 1.60. The SMILES string of the molecule is COc1cccnc1NCCN(C)C1CC1. The van der Waals surface area contributed by atoms with Crippen LogP contribution in [-0.2, 0) is 0 Å². The highest BCUT2D eigenvalue weighted by molar-refractivity contribution is 5.49. The molecule has 0 aromatic carbocycles. The predicted molar refractivity (Wildman–Crippen MR) is 64.9 cm³/mol. The van der Waals surface area contributed by atoms with Gasteiger partial charge in [0.25, 0.3) is 0 Å². The number of ether oxygens (including phenoxy) is 1. The molecule has 1 aromatic rings. The van der Waals surface area contributed by atoms with Crippen LogP contribution in [0.25, 0.3) is 0 Å². The van der Waals surface area contributed by atoms with E-state index in [-0.39, 0.29) is 0 Å². The van der Waals surface area contributed by atoms with E-state index in [1.165, 1.54) is 12.8 Å². The zero-order chi connectivity index (χ0) is 11.4. The summed E-state index contributed by atoms with van der Waals surface area (Å²) in [5.74, 6) is 1.63. The van der Waals surface area contributed by atoms with Gasteiger partial charge in [-0.1, -0.05) is 0 Å². The minimum atomic E-state index is 0.802. The number of hydrogen-bond donors (Lipinski definition) is 1. The Morgan fingerprint density at radius 2 is 2.38 bits per heavy atom. The minimum absolute atomic E-state index is 0.802. The van der Waals surface area contributed by atoms with Crippen molar-refractivity contribution in [3.05, 3.63) is 18.3 Å².